The van der Waals surface area contributed by atoms with Crippen molar-refractivity contribution < 1.29 is 10.0 Å². The lowest BCUT2D eigenvalue weighted by molar-refractivity contribution is 0.426. The van der Waals surface area contributed by atoms with Crippen molar-refractivity contribution in [1.82, 2.24) is 9.97 Å². The predicted octanol–water partition coefficient (Wildman–Crippen LogP) is 0.463. The summed E-state index contributed by atoms with van der Waals surface area (Å²) in [6.45, 7) is 0. The first kappa shape index (κ1) is 10.2. The highest BCUT2D eigenvalue weighted by atomic mass is 16.4. The van der Waals surface area contributed by atoms with Crippen molar-refractivity contribution >= 4 is 34.1 Å². The van der Waals surface area contributed by atoms with E-state index in [0.717, 1.165) is 21.5 Å². The first-order valence-electron chi connectivity index (χ1n) is 5.24. The van der Waals surface area contributed by atoms with Gasteiger partial charge in [-0.3, -0.25) is 9.97 Å². The van der Waals surface area contributed by atoms with E-state index >= 15 is 0 Å². The highest BCUT2D eigenvalue weighted by Crippen LogP contribution is 2.22. The summed E-state index contributed by atoms with van der Waals surface area (Å²) in [4.78, 5) is 8.07. The minimum Gasteiger partial charge on any atom is -0.423 e. The number of pyridine rings is 2. The smallest absolute Gasteiger partial charge is 0.423 e. The van der Waals surface area contributed by atoms with Gasteiger partial charge in [-0.15, -0.1) is 0 Å². The number of fused-ring (bicyclic) bond motifs is 3. The van der Waals surface area contributed by atoms with E-state index in [4.69, 9.17) is 0 Å². The normalized spacial score (nSPS) is 10.9. The summed E-state index contributed by atoms with van der Waals surface area (Å²) >= 11 is 0. The Balaban J connectivity index is 2.55. The molecule has 0 radical (unpaired) electrons. The molecule has 0 bridgehead atoms. The summed E-state index contributed by atoms with van der Waals surface area (Å²) < 4.78 is 0. The van der Waals surface area contributed by atoms with Crippen LogP contribution in [0.2, 0.25) is 0 Å². The van der Waals surface area contributed by atoms with E-state index < -0.39 is 7.12 Å². The highest BCUT2D eigenvalue weighted by Gasteiger charge is 2.16. The van der Waals surface area contributed by atoms with Gasteiger partial charge >= 0.3 is 7.12 Å². The number of benzene rings is 1. The van der Waals surface area contributed by atoms with Gasteiger partial charge in [-0.1, -0.05) is 6.07 Å². The Morgan fingerprint density at radius 3 is 2.35 bits per heavy atom. The van der Waals surface area contributed by atoms with Crippen molar-refractivity contribution in [3.05, 3.63) is 43.0 Å². The number of nitrogens with zero attached hydrogens (tertiary/aromatic N) is 2. The van der Waals surface area contributed by atoms with Gasteiger partial charge in [0.15, 0.2) is 0 Å². The fourth-order valence-electron chi connectivity index (χ4n) is 2.09. The van der Waals surface area contributed by atoms with Gasteiger partial charge in [0.25, 0.3) is 0 Å². The van der Waals surface area contributed by atoms with Crippen molar-refractivity contribution in [3.8, 4) is 0 Å². The van der Waals surface area contributed by atoms with E-state index in [9.17, 15) is 10.0 Å². The quantitative estimate of drug-likeness (QED) is 0.465. The molecular formula is C12H9BN2O2. The molecule has 82 valence electrons. The fraction of sp³-hybridized carbons (Fsp3) is 0. The van der Waals surface area contributed by atoms with Gasteiger partial charge in [-0.2, -0.15) is 0 Å². The van der Waals surface area contributed by atoms with E-state index in [0.29, 0.717) is 5.46 Å². The van der Waals surface area contributed by atoms with E-state index in [-0.39, 0.29) is 0 Å². The van der Waals surface area contributed by atoms with Gasteiger partial charge in [0.05, 0.1) is 0 Å². The summed E-state index contributed by atoms with van der Waals surface area (Å²) in [5, 5.41) is 22.4. The molecule has 3 rings (SSSR count). The fourth-order valence-corrected chi connectivity index (χ4v) is 2.09. The molecule has 2 heterocycles. The Kier molecular flexibility index (Phi) is 2.28. The van der Waals surface area contributed by atoms with E-state index in [1.165, 1.54) is 0 Å². The molecular weight excluding hydrogens is 215 g/mol. The zero-order valence-electron chi connectivity index (χ0n) is 8.91. The maximum absolute atomic E-state index is 9.39. The molecule has 0 aliphatic carbocycles. The first-order chi connectivity index (χ1) is 8.27. The molecule has 5 heteroatoms. The van der Waals surface area contributed by atoms with E-state index in [1.807, 2.05) is 12.1 Å². The van der Waals surface area contributed by atoms with Crippen LogP contribution in [0.5, 0.6) is 0 Å². The lowest BCUT2D eigenvalue weighted by atomic mass is 9.76. The lowest BCUT2D eigenvalue weighted by Crippen LogP contribution is -2.30. The van der Waals surface area contributed by atoms with Crippen LogP contribution in [0.1, 0.15) is 0 Å². The van der Waals surface area contributed by atoms with Crippen LogP contribution in [0.4, 0.5) is 0 Å². The zero-order valence-corrected chi connectivity index (χ0v) is 8.91. The van der Waals surface area contributed by atoms with Crippen LogP contribution in [-0.2, 0) is 0 Å². The predicted molar refractivity (Wildman–Crippen MR) is 66.9 cm³/mol. The van der Waals surface area contributed by atoms with Crippen molar-refractivity contribution in [2.75, 3.05) is 0 Å². The van der Waals surface area contributed by atoms with Crippen LogP contribution >= 0.6 is 0 Å². The maximum Gasteiger partial charge on any atom is 0.489 e. The molecule has 3 aromatic rings. The summed E-state index contributed by atoms with van der Waals surface area (Å²) in [6.07, 6.45) is 6.76. The van der Waals surface area contributed by atoms with Crippen LogP contribution in [0.25, 0.3) is 21.5 Å². The summed E-state index contributed by atoms with van der Waals surface area (Å²) in [6, 6.07) is 5.51. The molecule has 1 aromatic carbocycles. The lowest BCUT2D eigenvalue weighted by Gasteiger charge is -2.08. The van der Waals surface area contributed by atoms with Gasteiger partial charge in [-0.25, -0.2) is 0 Å². The number of rotatable bonds is 1. The van der Waals surface area contributed by atoms with Crippen LogP contribution in [0.3, 0.4) is 0 Å². The summed E-state index contributed by atoms with van der Waals surface area (Å²) in [5.41, 5.74) is 0.452. The molecule has 0 saturated carbocycles. The van der Waals surface area contributed by atoms with Gasteiger partial charge in [0.1, 0.15) is 0 Å². The second kappa shape index (κ2) is 3.80. The van der Waals surface area contributed by atoms with Crippen LogP contribution in [-0.4, -0.2) is 27.1 Å². The molecule has 0 aliphatic heterocycles. The van der Waals surface area contributed by atoms with Crippen molar-refractivity contribution in [2.24, 2.45) is 0 Å². The Hall–Kier alpha value is -1.98. The number of aromatic nitrogens is 2. The number of hydrogen-bond acceptors (Lipinski definition) is 4. The van der Waals surface area contributed by atoms with Crippen molar-refractivity contribution in [1.29, 1.82) is 0 Å². The summed E-state index contributed by atoms with van der Waals surface area (Å²) in [5.74, 6) is 0. The Labute approximate surface area is 97.7 Å². The molecule has 2 aromatic heterocycles. The third-order valence-electron chi connectivity index (χ3n) is 2.86. The third-order valence-corrected chi connectivity index (χ3v) is 2.86. The molecule has 0 amide bonds. The SMILES string of the molecule is OB(O)c1cc2cnccc2c2ccncc12. The number of hydrogen-bond donors (Lipinski definition) is 2. The van der Waals surface area contributed by atoms with Gasteiger partial charge in [-0.05, 0) is 28.4 Å². The molecule has 0 aliphatic rings. The minimum atomic E-state index is -1.51. The monoisotopic (exact) mass is 224 g/mol. The Bertz CT molecular complexity index is 700. The van der Waals surface area contributed by atoms with Gasteiger partial charge in [0.2, 0.25) is 0 Å². The second-order valence-electron chi connectivity index (χ2n) is 3.86. The van der Waals surface area contributed by atoms with Crippen LogP contribution < -0.4 is 5.46 Å². The largest absolute Gasteiger partial charge is 0.489 e. The van der Waals surface area contributed by atoms with Crippen LogP contribution in [0.15, 0.2) is 43.0 Å². The Morgan fingerprint density at radius 2 is 1.59 bits per heavy atom. The highest BCUT2D eigenvalue weighted by molar-refractivity contribution is 6.62. The Morgan fingerprint density at radius 1 is 0.882 bits per heavy atom. The molecule has 0 saturated heterocycles. The van der Waals surface area contributed by atoms with Crippen molar-refractivity contribution in [2.45, 2.75) is 0 Å². The molecule has 0 fully saturated rings. The first-order valence-corrected chi connectivity index (χ1v) is 5.24. The minimum absolute atomic E-state index is 0.452. The second-order valence-corrected chi connectivity index (χ2v) is 3.86. The molecule has 2 N–H and O–H groups in total. The maximum atomic E-state index is 9.39. The van der Waals surface area contributed by atoms with Gasteiger partial charge in [0, 0.05) is 35.6 Å². The topological polar surface area (TPSA) is 66.2 Å². The standard InChI is InChI=1S/C12H9BN2O2/c16-13(17)12-5-8-6-14-3-1-9(8)10-2-4-15-7-11(10)12/h1-7,16-17H. The van der Waals surface area contributed by atoms with E-state index in [2.05, 4.69) is 9.97 Å². The van der Waals surface area contributed by atoms with Crippen molar-refractivity contribution in [3.63, 3.8) is 0 Å². The molecule has 4 nitrogen and oxygen atoms in total. The van der Waals surface area contributed by atoms with E-state index in [1.54, 1.807) is 30.9 Å². The molecule has 0 unspecified atom stereocenters. The van der Waals surface area contributed by atoms with Gasteiger partial charge < -0.3 is 10.0 Å². The zero-order chi connectivity index (χ0) is 11.8. The third kappa shape index (κ3) is 1.56. The average molecular weight is 224 g/mol. The van der Waals surface area contributed by atoms with Crippen LogP contribution in [0, 0.1) is 0 Å². The average Bonchev–Trinajstić information content (AvgIpc) is 2.37. The molecule has 0 spiro atoms. The summed E-state index contributed by atoms with van der Waals surface area (Å²) in [7, 11) is -1.51. The molecule has 17 heavy (non-hydrogen) atoms. The molecule has 0 atom stereocenters.